The molecular formula is C10H12N3+. The van der Waals surface area contributed by atoms with Crippen molar-refractivity contribution >= 4 is 0 Å². The van der Waals surface area contributed by atoms with Crippen LogP contribution in [0.15, 0.2) is 36.5 Å². The minimum atomic E-state index is 0.917. The molecule has 2 aromatic rings. The van der Waals surface area contributed by atoms with Gasteiger partial charge in [-0.2, -0.15) is 4.68 Å². The largest absolute Gasteiger partial charge is 0.248 e. The molecule has 66 valence electrons. The maximum absolute atomic E-state index is 4.20. The fraction of sp³-hybridized carbons (Fsp3) is 0.200. The normalized spacial score (nSPS) is 10.2. The molecule has 0 amide bonds. The van der Waals surface area contributed by atoms with Crippen LogP contribution in [-0.2, 0) is 6.54 Å². The maximum atomic E-state index is 4.20. The van der Waals surface area contributed by atoms with E-state index < -0.39 is 0 Å². The van der Waals surface area contributed by atoms with E-state index in [0.29, 0.717) is 0 Å². The van der Waals surface area contributed by atoms with Crippen LogP contribution < -0.4 is 4.68 Å². The molecule has 2 rings (SSSR count). The van der Waals surface area contributed by atoms with E-state index in [4.69, 9.17) is 0 Å². The zero-order valence-electron chi connectivity index (χ0n) is 7.57. The maximum Gasteiger partial charge on any atom is 0.248 e. The molecule has 1 aromatic heterocycles. The first-order chi connectivity index (χ1) is 6.40. The summed E-state index contributed by atoms with van der Waals surface area (Å²) in [5.41, 5.74) is 2.13. The lowest BCUT2D eigenvalue weighted by Crippen LogP contribution is -2.33. The number of hydrogen-bond acceptors (Lipinski definition) is 1. The van der Waals surface area contributed by atoms with Gasteiger partial charge in [0.2, 0.25) is 5.69 Å². The zero-order valence-corrected chi connectivity index (χ0v) is 7.57. The predicted octanol–water partition coefficient (Wildman–Crippen LogP) is 1.38. The number of nitrogens with zero attached hydrogens (tertiary/aromatic N) is 2. The van der Waals surface area contributed by atoms with Gasteiger partial charge >= 0.3 is 0 Å². The molecule has 0 aliphatic rings. The Balaban J connectivity index is 2.36. The van der Waals surface area contributed by atoms with E-state index in [1.54, 1.807) is 0 Å². The van der Waals surface area contributed by atoms with Gasteiger partial charge < -0.3 is 0 Å². The van der Waals surface area contributed by atoms with E-state index in [2.05, 4.69) is 29.4 Å². The molecule has 1 aromatic carbocycles. The van der Waals surface area contributed by atoms with E-state index in [-0.39, 0.29) is 0 Å². The van der Waals surface area contributed by atoms with Gasteiger partial charge in [0.15, 0.2) is 6.20 Å². The summed E-state index contributed by atoms with van der Waals surface area (Å²) in [5, 5.41) is 7.12. The van der Waals surface area contributed by atoms with Gasteiger partial charge in [0.05, 0.1) is 0 Å². The number of aromatic nitrogens is 3. The molecule has 13 heavy (non-hydrogen) atoms. The quantitative estimate of drug-likeness (QED) is 0.685. The fourth-order valence-electron chi connectivity index (χ4n) is 1.23. The van der Waals surface area contributed by atoms with Crippen LogP contribution in [0.5, 0.6) is 0 Å². The van der Waals surface area contributed by atoms with E-state index in [1.165, 1.54) is 0 Å². The van der Waals surface area contributed by atoms with E-state index >= 15 is 0 Å². The third-order valence-electron chi connectivity index (χ3n) is 1.99. The minimum absolute atomic E-state index is 0.917. The van der Waals surface area contributed by atoms with Crippen molar-refractivity contribution in [3.8, 4) is 11.3 Å². The number of aromatic amines is 1. The Morgan fingerprint density at radius 3 is 2.69 bits per heavy atom. The van der Waals surface area contributed by atoms with Gasteiger partial charge in [-0.05, 0) is 6.92 Å². The molecule has 3 nitrogen and oxygen atoms in total. The summed E-state index contributed by atoms with van der Waals surface area (Å²) in [6.45, 7) is 2.99. The van der Waals surface area contributed by atoms with Crippen LogP contribution in [0.2, 0.25) is 0 Å². The zero-order chi connectivity index (χ0) is 9.10. The summed E-state index contributed by atoms with van der Waals surface area (Å²) in [6, 6.07) is 10.1. The van der Waals surface area contributed by atoms with E-state index in [9.17, 15) is 0 Å². The Bertz CT molecular complexity index is 378. The Kier molecular flexibility index (Phi) is 2.08. The molecule has 0 spiro atoms. The molecule has 0 aliphatic heterocycles. The van der Waals surface area contributed by atoms with Crippen LogP contribution in [0, 0.1) is 0 Å². The monoisotopic (exact) mass is 174 g/mol. The van der Waals surface area contributed by atoms with Crippen molar-refractivity contribution < 1.29 is 4.68 Å². The summed E-state index contributed by atoms with van der Waals surface area (Å²) < 4.78 is 1.95. The van der Waals surface area contributed by atoms with Crippen LogP contribution >= 0.6 is 0 Å². The third-order valence-corrected chi connectivity index (χ3v) is 1.99. The van der Waals surface area contributed by atoms with Crippen molar-refractivity contribution in [2.75, 3.05) is 0 Å². The molecule has 0 atom stereocenters. The summed E-state index contributed by atoms with van der Waals surface area (Å²) in [4.78, 5) is 0. The Labute approximate surface area is 77.0 Å². The Morgan fingerprint density at radius 1 is 1.31 bits per heavy atom. The van der Waals surface area contributed by atoms with Crippen molar-refractivity contribution in [2.45, 2.75) is 13.5 Å². The molecule has 3 heteroatoms. The number of benzene rings is 1. The molecule has 1 heterocycles. The lowest BCUT2D eigenvalue weighted by molar-refractivity contribution is -0.750. The predicted molar refractivity (Wildman–Crippen MR) is 49.9 cm³/mol. The lowest BCUT2D eigenvalue weighted by Gasteiger charge is -1.87. The highest BCUT2D eigenvalue weighted by atomic mass is 15.4. The fourth-order valence-corrected chi connectivity index (χ4v) is 1.23. The molecule has 0 saturated heterocycles. The Hall–Kier alpha value is -1.64. The second-order valence-corrected chi connectivity index (χ2v) is 2.88. The van der Waals surface area contributed by atoms with Gasteiger partial charge in [0, 0.05) is 10.7 Å². The second kappa shape index (κ2) is 3.39. The number of nitrogens with one attached hydrogen (secondary N) is 1. The first-order valence-electron chi connectivity index (χ1n) is 4.40. The van der Waals surface area contributed by atoms with Crippen LogP contribution in [0.25, 0.3) is 11.3 Å². The molecular weight excluding hydrogens is 162 g/mol. The van der Waals surface area contributed by atoms with Crippen molar-refractivity contribution in [3.63, 3.8) is 0 Å². The van der Waals surface area contributed by atoms with Gasteiger partial charge in [-0.25, -0.2) is 0 Å². The number of H-pyrrole nitrogens is 1. The first-order valence-corrected chi connectivity index (χ1v) is 4.40. The number of hydrogen-bond donors (Lipinski definition) is 1. The minimum Gasteiger partial charge on any atom is -0.163 e. The SMILES string of the molecule is CC[n+]1cc(-c2ccccc2)n[nH]1. The van der Waals surface area contributed by atoms with Crippen LogP contribution in [0.1, 0.15) is 6.92 Å². The number of rotatable bonds is 2. The average molecular weight is 174 g/mol. The van der Waals surface area contributed by atoms with Crippen molar-refractivity contribution in [3.05, 3.63) is 36.5 Å². The van der Waals surface area contributed by atoms with Gasteiger partial charge in [-0.3, -0.25) is 0 Å². The molecule has 0 bridgehead atoms. The van der Waals surface area contributed by atoms with Crippen molar-refractivity contribution in [2.24, 2.45) is 0 Å². The number of aryl methyl sites for hydroxylation is 1. The average Bonchev–Trinajstić information content (AvgIpc) is 2.67. The van der Waals surface area contributed by atoms with Gasteiger partial charge in [-0.15, -0.1) is 0 Å². The highest BCUT2D eigenvalue weighted by Crippen LogP contribution is 2.12. The van der Waals surface area contributed by atoms with Crippen molar-refractivity contribution in [1.82, 2.24) is 10.3 Å². The molecule has 0 radical (unpaired) electrons. The van der Waals surface area contributed by atoms with Gasteiger partial charge in [-0.1, -0.05) is 35.5 Å². The Morgan fingerprint density at radius 2 is 2.08 bits per heavy atom. The summed E-state index contributed by atoms with van der Waals surface area (Å²) >= 11 is 0. The van der Waals surface area contributed by atoms with Gasteiger partial charge in [0.1, 0.15) is 6.54 Å². The lowest BCUT2D eigenvalue weighted by atomic mass is 10.2. The summed E-state index contributed by atoms with van der Waals surface area (Å²) in [6.07, 6.45) is 2.01. The summed E-state index contributed by atoms with van der Waals surface area (Å²) in [5.74, 6) is 0. The van der Waals surface area contributed by atoms with Crippen LogP contribution in [0.4, 0.5) is 0 Å². The smallest absolute Gasteiger partial charge is 0.163 e. The third kappa shape index (κ3) is 1.59. The van der Waals surface area contributed by atoms with E-state index in [1.807, 2.05) is 29.1 Å². The molecule has 1 N–H and O–H groups in total. The van der Waals surface area contributed by atoms with Gasteiger partial charge in [0.25, 0.3) is 0 Å². The van der Waals surface area contributed by atoms with Crippen molar-refractivity contribution in [1.29, 1.82) is 0 Å². The first kappa shape index (κ1) is 7.98. The van der Waals surface area contributed by atoms with Crippen LogP contribution in [-0.4, -0.2) is 10.3 Å². The topological polar surface area (TPSA) is 32.6 Å². The summed E-state index contributed by atoms with van der Waals surface area (Å²) in [7, 11) is 0. The van der Waals surface area contributed by atoms with Crippen LogP contribution in [0.3, 0.4) is 0 Å². The second-order valence-electron chi connectivity index (χ2n) is 2.88. The molecule has 0 saturated carbocycles. The molecule has 0 fully saturated rings. The molecule has 0 aliphatic carbocycles. The molecule has 0 unspecified atom stereocenters. The standard InChI is InChI=1S/C10H11N3/c1-2-13-8-10(11-12-13)9-6-4-3-5-7-9/h3-8H,2H2,1H3/p+1. The van der Waals surface area contributed by atoms with E-state index in [0.717, 1.165) is 17.8 Å². The highest BCUT2D eigenvalue weighted by molar-refractivity contribution is 5.56. The highest BCUT2D eigenvalue weighted by Gasteiger charge is 2.08.